The number of hydrogen-bond donors (Lipinski definition) is 2. The highest BCUT2D eigenvalue weighted by molar-refractivity contribution is 6.01. The van der Waals surface area contributed by atoms with Gasteiger partial charge in [-0.3, -0.25) is 4.79 Å². The Morgan fingerprint density at radius 1 is 1.32 bits per heavy atom. The number of hydrogen-bond acceptors (Lipinski definition) is 6. The fourth-order valence-corrected chi connectivity index (χ4v) is 3.60. The van der Waals surface area contributed by atoms with Crippen molar-refractivity contribution >= 4 is 11.6 Å². The molecule has 7 nitrogen and oxygen atoms in total. The van der Waals surface area contributed by atoms with Crippen molar-refractivity contribution in [3.05, 3.63) is 58.7 Å². The maximum atomic E-state index is 15.1. The fraction of sp³-hybridized carbons (Fsp3) is 0.400. The van der Waals surface area contributed by atoms with Crippen molar-refractivity contribution in [3.8, 4) is 0 Å². The Hall–Kier alpha value is -3.08. The molecule has 0 bridgehead atoms. The molecule has 2 N–H and O–H groups in total. The lowest BCUT2D eigenvalue weighted by molar-refractivity contribution is -0.143. The van der Waals surface area contributed by atoms with Crippen LogP contribution in [-0.4, -0.2) is 62.4 Å². The summed E-state index contributed by atoms with van der Waals surface area (Å²) < 4.78 is 57.8. The number of nitrogens with zero attached hydrogens (tertiary/aromatic N) is 4. The van der Waals surface area contributed by atoms with Crippen molar-refractivity contribution in [1.82, 2.24) is 14.9 Å². The topological polar surface area (TPSA) is 98.9 Å². The zero-order valence-electron chi connectivity index (χ0n) is 16.5. The SMILES string of the molecule is Cc1ncc(/C(CO)=N/O)c(C2CCN(C(=O)Cc3c(F)cccc3F)CC2(F)F)n1. The van der Waals surface area contributed by atoms with Crippen molar-refractivity contribution in [3.63, 3.8) is 0 Å². The molecule has 11 heteroatoms. The molecule has 2 heterocycles. The molecule has 1 saturated heterocycles. The van der Waals surface area contributed by atoms with Gasteiger partial charge in [-0.1, -0.05) is 11.2 Å². The Bertz CT molecular complexity index is 996. The quantitative estimate of drug-likeness (QED) is 0.322. The van der Waals surface area contributed by atoms with E-state index in [0.717, 1.165) is 23.1 Å². The summed E-state index contributed by atoms with van der Waals surface area (Å²) in [5, 5.41) is 21.3. The molecule has 1 aliphatic heterocycles. The van der Waals surface area contributed by atoms with E-state index >= 15 is 8.78 Å². The summed E-state index contributed by atoms with van der Waals surface area (Å²) in [5.74, 6) is -7.34. The van der Waals surface area contributed by atoms with Gasteiger partial charge in [0.25, 0.3) is 5.92 Å². The molecule has 166 valence electrons. The predicted molar refractivity (Wildman–Crippen MR) is 101 cm³/mol. The third kappa shape index (κ3) is 4.66. The van der Waals surface area contributed by atoms with Crippen LogP contribution in [0.5, 0.6) is 0 Å². The Morgan fingerprint density at radius 2 is 2.00 bits per heavy atom. The van der Waals surface area contributed by atoms with Gasteiger partial charge in [-0.05, 0) is 25.5 Å². The third-order valence-electron chi connectivity index (χ3n) is 5.19. The van der Waals surface area contributed by atoms with E-state index in [0.29, 0.717) is 0 Å². The van der Waals surface area contributed by atoms with Crippen LogP contribution in [0.2, 0.25) is 0 Å². The minimum atomic E-state index is -3.44. The summed E-state index contributed by atoms with van der Waals surface area (Å²) in [7, 11) is 0. The number of rotatable bonds is 5. The zero-order chi connectivity index (χ0) is 22.8. The second kappa shape index (κ2) is 8.96. The van der Waals surface area contributed by atoms with Crippen molar-refractivity contribution < 1.29 is 32.7 Å². The van der Waals surface area contributed by atoms with E-state index in [4.69, 9.17) is 5.21 Å². The number of benzene rings is 1. The number of carbonyl (C=O) groups excluding carboxylic acids is 1. The molecule has 2 aromatic rings. The zero-order valence-corrected chi connectivity index (χ0v) is 16.5. The number of halogens is 4. The number of alkyl halides is 2. The minimum absolute atomic E-state index is 0.0199. The number of amides is 1. The van der Waals surface area contributed by atoms with Crippen LogP contribution in [0.1, 0.15) is 35.0 Å². The van der Waals surface area contributed by atoms with Gasteiger partial charge in [-0.15, -0.1) is 0 Å². The van der Waals surface area contributed by atoms with Crippen LogP contribution < -0.4 is 0 Å². The van der Waals surface area contributed by atoms with Gasteiger partial charge in [0.1, 0.15) is 23.2 Å². The lowest BCUT2D eigenvalue weighted by Crippen LogP contribution is -2.50. The minimum Gasteiger partial charge on any atom is -0.411 e. The number of aromatic nitrogens is 2. The van der Waals surface area contributed by atoms with Gasteiger partial charge in [0.2, 0.25) is 5.91 Å². The lowest BCUT2D eigenvalue weighted by atomic mass is 9.86. The standard InChI is InChI=1S/C20H20F4N4O3/c1-11-25-8-13(17(9-29)27-31)19(26-11)14-5-6-28(10-20(14,23)24)18(30)7-12-15(21)3-2-4-16(12)22/h2-4,8,14,29,31H,5-7,9-10H2,1H3/b27-17+. The summed E-state index contributed by atoms with van der Waals surface area (Å²) in [6.45, 7) is -0.281. The highest BCUT2D eigenvalue weighted by atomic mass is 19.3. The summed E-state index contributed by atoms with van der Waals surface area (Å²) in [5.41, 5.74) is -0.863. The Labute approximate surface area is 175 Å². The number of aliphatic hydroxyl groups is 1. The van der Waals surface area contributed by atoms with Crippen LogP contribution in [0.4, 0.5) is 17.6 Å². The van der Waals surface area contributed by atoms with E-state index < -0.39 is 54.5 Å². The summed E-state index contributed by atoms with van der Waals surface area (Å²) >= 11 is 0. The van der Waals surface area contributed by atoms with Crippen LogP contribution in [0, 0.1) is 18.6 Å². The molecule has 1 aromatic carbocycles. The lowest BCUT2D eigenvalue weighted by Gasteiger charge is -2.38. The number of piperidine rings is 1. The smallest absolute Gasteiger partial charge is 0.273 e. The summed E-state index contributed by atoms with van der Waals surface area (Å²) in [4.78, 5) is 21.3. The van der Waals surface area contributed by atoms with Gasteiger partial charge in [-0.2, -0.15) is 0 Å². The van der Waals surface area contributed by atoms with Gasteiger partial charge in [0.05, 0.1) is 31.2 Å². The van der Waals surface area contributed by atoms with Crippen LogP contribution in [0.25, 0.3) is 0 Å². The van der Waals surface area contributed by atoms with Crippen LogP contribution >= 0.6 is 0 Å². The van der Waals surface area contributed by atoms with E-state index in [1.165, 1.54) is 13.1 Å². The highest BCUT2D eigenvalue weighted by Gasteiger charge is 2.48. The van der Waals surface area contributed by atoms with E-state index in [9.17, 15) is 18.7 Å². The molecule has 1 aromatic heterocycles. The Morgan fingerprint density at radius 3 is 2.58 bits per heavy atom. The summed E-state index contributed by atoms with van der Waals surface area (Å²) in [6, 6.07) is 3.13. The molecule has 0 spiro atoms. The first-order chi connectivity index (χ1) is 14.7. The molecular weight excluding hydrogens is 420 g/mol. The second-order valence-electron chi connectivity index (χ2n) is 7.22. The van der Waals surface area contributed by atoms with Gasteiger partial charge in [0.15, 0.2) is 0 Å². The van der Waals surface area contributed by atoms with Crippen LogP contribution in [0.3, 0.4) is 0 Å². The van der Waals surface area contributed by atoms with Crippen molar-refractivity contribution in [2.75, 3.05) is 19.7 Å². The van der Waals surface area contributed by atoms with Gasteiger partial charge in [0, 0.05) is 23.9 Å². The largest absolute Gasteiger partial charge is 0.411 e. The number of likely N-dealkylation sites (tertiary alicyclic amines) is 1. The molecule has 1 fully saturated rings. The average molecular weight is 440 g/mol. The summed E-state index contributed by atoms with van der Waals surface area (Å²) in [6.07, 6.45) is 0.312. The number of aryl methyl sites for hydroxylation is 1. The molecule has 1 atom stereocenters. The van der Waals surface area contributed by atoms with E-state index in [2.05, 4.69) is 15.1 Å². The first kappa shape index (κ1) is 22.6. The average Bonchev–Trinajstić information content (AvgIpc) is 2.72. The third-order valence-corrected chi connectivity index (χ3v) is 5.19. The second-order valence-corrected chi connectivity index (χ2v) is 7.22. The maximum absolute atomic E-state index is 15.1. The fourth-order valence-electron chi connectivity index (χ4n) is 3.60. The molecule has 1 unspecified atom stereocenters. The van der Waals surface area contributed by atoms with Crippen molar-refractivity contribution in [2.24, 2.45) is 5.16 Å². The Kier molecular flexibility index (Phi) is 6.54. The number of aliphatic hydroxyl groups excluding tert-OH is 1. The number of oxime groups is 1. The predicted octanol–water partition coefficient (Wildman–Crippen LogP) is 2.43. The van der Waals surface area contributed by atoms with E-state index in [1.54, 1.807) is 0 Å². The monoisotopic (exact) mass is 440 g/mol. The number of carbonyl (C=O) groups is 1. The molecular formula is C20H20F4N4O3. The molecule has 1 aliphatic rings. The van der Waals surface area contributed by atoms with Crippen LogP contribution in [0.15, 0.2) is 29.6 Å². The van der Waals surface area contributed by atoms with Crippen LogP contribution in [-0.2, 0) is 11.2 Å². The first-order valence-corrected chi connectivity index (χ1v) is 9.42. The van der Waals surface area contributed by atoms with Gasteiger partial charge >= 0.3 is 0 Å². The molecule has 31 heavy (non-hydrogen) atoms. The van der Waals surface area contributed by atoms with Gasteiger partial charge in [-0.25, -0.2) is 27.5 Å². The molecule has 0 radical (unpaired) electrons. The molecule has 0 aliphatic carbocycles. The molecule has 0 saturated carbocycles. The van der Waals surface area contributed by atoms with E-state index in [-0.39, 0.29) is 35.8 Å². The molecule has 3 rings (SSSR count). The van der Waals surface area contributed by atoms with Crippen molar-refractivity contribution in [2.45, 2.75) is 31.6 Å². The molecule has 1 amide bonds. The Balaban J connectivity index is 1.84. The van der Waals surface area contributed by atoms with Gasteiger partial charge < -0.3 is 15.2 Å². The van der Waals surface area contributed by atoms with E-state index in [1.807, 2.05) is 0 Å². The van der Waals surface area contributed by atoms with Crippen molar-refractivity contribution in [1.29, 1.82) is 0 Å². The first-order valence-electron chi connectivity index (χ1n) is 9.42. The normalized spacial score (nSPS) is 18.8. The maximum Gasteiger partial charge on any atom is 0.273 e. The highest BCUT2D eigenvalue weighted by Crippen LogP contribution is 2.41.